The first-order valence-corrected chi connectivity index (χ1v) is 6.93. The number of benzene rings is 1. The highest BCUT2D eigenvalue weighted by Gasteiger charge is 2.20. The number of halogens is 2. The van der Waals surface area contributed by atoms with Gasteiger partial charge in [0, 0.05) is 32.7 Å². The lowest BCUT2D eigenvalue weighted by atomic mass is 10.2. The number of hydrogen-bond donors (Lipinski definition) is 1. The highest BCUT2D eigenvalue weighted by Crippen LogP contribution is 2.32. The summed E-state index contributed by atoms with van der Waals surface area (Å²) in [6.07, 6.45) is -0.272. The van der Waals surface area contributed by atoms with Crippen LogP contribution in [0.15, 0.2) is 18.2 Å². The zero-order valence-electron chi connectivity index (χ0n) is 10.4. The fraction of sp³-hybridized carbons (Fsp3) is 0.538. The summed E-state index contributed by atoms with van der Waals surface area (Å²) >= 11 is 12.2. The maximum atomic E-state index is 9.37. The van der Waals surface area contributed by atoms with Gasteiger partial charge in [-0.3, -0.25) is 4.90 Å². The van der Waals surface area contributed by atoms with Crippen LogP contribution in [0.4, 0.5) is 5.69 Å². The molecule has 1 atom stereocenters. The number of nitrogens with zero attached hydrogens (tertiary/aromatic N) is 2. The standard InChI is InChI=1S/C13H18Cl2N2O/c1-10(18)9-16-5-7-17(8-6-16)12-4-2-3-11(14)13(12)15/h2-4,10,18H,5-9H2,1H3/t10-/m1/s1. The van der Waals surface area contributed by atoms with Gasteiger partial charge in [0.05, 0.1) is 21.8 Å². The van der Waals surface area contributed by atoms with Gasteiger partial charge in [0.2, 0.25) is 0 Å². The second-order valence-electron chi connectivity index (χ2n) is 4.71. The topological polar surface area (TPSA) is 26.7 Å². The lowest BCUT2D eigenvalue weighted by molar-refractivity contribution is 0.123. The first-order valence-electron chi connectivity index (χ1n) is 6.17. The molecule has 2 rings (SSSR count). The van der Waals surface area contributed by atoms with E-state index in [1.165, 1.54) is 0 Å². The van der Waals surface area contributed by atoms with Crippen molar-refractivity contribution in [3.05, 3.63) is 28.2 Å². The highest BCUT2D eigenvalue weighted by molar-refractivity contribution is 6.43. The molecule has 0 aromatic heterocycles. The van der Waals surface area contributed by atoms with Gasteiger partial charge in [0.25, 0.3) is 0 Å². The molecule has 1 heterocycles. The van der Waals surface area contributed by atoms with E-state index in [9.17, 15) is 5.11 Å². The molecule has 0 spiro atoms. The summed E-state index contributed by atoms with van der Waals surface area (Å²) < 4.78 is 0. The van der Waals surface area contributed by atoms with Crippen molar-refractivity contribution in [1.82, 2.24) is 4.90 Å². The Labute approximate surface area is 118 Å². The number of rotatable bonds is 3. The van der Waals surface area contributed by atoms with E-state index in [0.29, 0.717) is 10.0 Å². The molecule has 1 aliphatic heterocycles. The molecule has 1 aromatic rings. The molecule has 0 saturated carbocycles. The van der Waals surface area contributed by atoms with E-state index in [0.717, 1.165) is 38.4 Å². The lowest BCUT2D eigenvalue weighted by Gasteiger charge is -2.37. The highest BCUT2D eigenvalue weighted by atomic mass is 35.5. The van der Waals surface area contributed by atoms with Crippen molar-refractivity contribution < 1.29 is 5.11 Å². The minimum atomic E-state index is -0.272. The molecular weight excluding hydrogens is 271 g/mol. The molecule has 0 amide bonds. The lowest BCUT2D eigenvalue weighted by Crippen LogP contribution is -2.48. The van der Waals surface area contributed by atoms with Crippen molar-refractivity contribution in [3.8, 4) is 0 Å². The van der Waals surface area contributed by atoms with Crippen molar-refractivity contribution in [3.63, 3.8) is 0 Å². The SMILES string of the molecule is C[C@@H](O)CN1CCN(c2cccc(Cl)c2Cl)CC1. The van der Waals surface area contributed by atoms with Crippen LogP contribution in [0.5, 0.6) is 0 Å². The molecule has 1 N–H and O–H groups in total. The minimum absolute atomic E-state index is 0.272. The molecule has 0 bridgehead atoms. The van der Waals surface area contributed by atoms with E-state index in [-0.39, 0.29) is 6.10 Å². The molecular formula is C13H18Cl2N2O. The molecule has 5 heteroatoms. The third kappa shape index (κ3) is 3.29. The summed E-state index contributed by atoms with van der Waals surface area (Å²) in [6.45, 7) is 6.25. The average molecular weight is 289 g/mol. The van der Waals surface area contributed by atoms with Gasteiger partial charge in [-0.2, -0.15) is 0 Å². The first-order chi connectivity index (χ1) is 8.58. The Morgan fingerprint density at radius 1 is 1.22 bits per heavy atom. The van der Waals surface area contributed by atoms with Gasteiger partial charge in [-0.05, 0) is 19.1 Å². The van der Waals surface area contributed by atoms with Crippen molar-refractivity contribution in [1.29, 1.82) is 0 Å². The van der Waals surface area contributed by atoms with Crippen LogP contribution in [-0.2, 0) is 0 Å². The number of aliphatic hydroxyl groups is 1. The molecule has 1 saturated heterocycles. The summed E-state index contributed by atoms with van der Waals surface area (Å²) in [5.41, 5.74) is 1.00. The van der Waals surface area contributed by atoms with E-state index in [1.54, 1.807) is 6.07 Å². The van der Waals surface area contributed by atoms with Gasteiger partial charge < -0.3 is 10.0 Å². The number of hydrogen-bond acceptors (Lipinski definition) is 3. The summed E-state index contributed by atoms with van der Waals surface area (Å²) in [6, 6.07) is 5.72. The zero-order chi connectivity index (χ0) is 13.1. The molecule has 0 radical (unpaired) electrons. The van der Waals surface area contributed by atoms with Crippen LogP contribution >= 0.6 is 23.2 Å². The molecule has 0 aliphatic carbocycles. The Balaban J connectivity index is 1.99. The minimum Gasteiger partial charge on any atom is -0.392 e. The van der Waals surface area contributed by atoms with Crippen LogP contribution in [0.3, 0.4) is 0 Å². The third-order valence-corrected chi connectivity index (χ3v) is 3.98. The molecule has 100 valence electrons. The fourth-order valence-corrected chi connectivity index (χ4v) is 2.70. The number of aliphatic hydroxyl groups excluding tert-OH is 1. The Morgan fingerprint density at radius 2 is 1.89 bits per heavy atom. The fourth-order valence-electron chi connectivity index (χ4n) is 2.28. The maximum Gasteiger partial charge on any atom is 0.0825 e. The van der Waals surface area contributed by atoms with Crippen LogP contribution in [0.2, 0.25) is 10.0 Å². The van der Waals surface area contributed by atoms with Crippen LogP contribution in [0.1, 0.15) is 6.92 Å². The van der Waals surface area contributed by atoms with Crippen LogP contribution in [0.25, 0.3) is 0 Å². The van der Waals surface area contributed by atoms with E-state index >= 15 is 0 Å². The normalized spacial score (nSPS) is 19.0. The summed E-state index contributed by atoms with van der Waals surface area (Å²) in [4.78, 5) is 4.51. The smallest absolute Gasteiger partial charge is 0.0825 e. The molecule has 0 unspecified atom stereocenters. The average Bonchev–Trinajstić information content (AvgIpc) is 2.33. The second kappa shape index (κ2) is 6.11. The number of anilines is 1. The van der Waals surface area contributed by atoms with Crippen molar-refractivity contribution >= 4 is 28.9 Å². The number of piperazine rings is 1. The quantitative estimate of drug-likeness (QED) is 0.926. The molecule has 1 aliphatic rings. The zero-order valence-corrected chi connectivity index (χ0v) is 12.0. The summed E-state index contributed by atoms with van der Waals surface area (Å²) in [5, 5.41) is 10.6. The molecule has 1 aromatic carbocycles. The maximum absolute atomic E-state index is 9.37. The van der Waals surface area contributed by atoms with E-state index in [4.69, 9.17) is 23.2 Å². The number of β-amino-alcohol motifs (C(OH)–C–C–N with tert-alkyl or cyclic N) is 1. The Bertz CT molecular complexity index is 404. The Morgan fingerprint density at radius 3 is 2.50 bits per heavy atom. The predicted octanol–water partition coefficient (Wildman–Crippen LogP) is 2.50. The van der Waals surface area contributed by atoms with Gasteiger partial charge >= 0.3 is 0 Å². The van der Waals surface area contributed by atoms with Gasteiger partial charge in [-0.15, -0.1) is 0 Å². The van der Waals surface area contributed by atoms with Gasteiger partial charge in [0.1, 0.15) is 0 Å². The monoisotopic (exact) mass is 288 g/mol. The predicted molar refractivity (Wildman–Crippen MR) is 76.8 cm³/mol. The van der Waals surface area contributed by atoms with Gasteiger partial charge in [-0.25, -0.2) is 0 Å². The van der Waals surface area contributed by atoms with E-state index in [2.05, 4.69) is 9.80 Å². The summed E-state index contributed by atoms with van der Waals surface area (Å²) in [7, 11) is 0. The molecule has 3 nitrogen and oxygen atoms in total. The Kier molecular flexibility index (Phi) is 4.73. The largest absolute Gasteiger partial charge is 0.392 e. The third-order valence-electron chi connectivity index (χ3n) is 3.17. The van der Waals surface area contributed by atoms with Crippen LogP contribution in [-0.4, -0.2) is 48.8 Å². The first kappa shape index (κ1) is 13.9. The van der Waals surface area contributed by atoms with Crippen molar-refractivity contribution in [2.45, 2.75) is 13.0 Å². The van der Waals surface area contributed by atoms with E-state index in [1.807, 2.05) is 19.1 Å². The summed E-state index contributed by atoms with van der Waals surface area (Å²) in [5.74, 6) is 0. The molecule has 1 fully saturated rings. The van der Waals surface area contributed by atoms with Gasteiger partial charge in [-0.1, -0.05) is 29.3 Å². The molecule has 18 heavy (non-hydrogen) atoms. The van der Waals surface area contributed by atoms with Crippen molar-refractivity contribution in [2.75, 3.05) is 37.6 Å². The van der Waals surface area contributed by atoms with E-state index < -0.39 is 0 Å². The van der Waals surface area contributed by atoms with Gasteiger partial charge in [0.15, 0.2) is 0 Å². The van der Waals surface area contributed by atoms with Crippen molar-refractivity contribution in [2.24, 2.45) is 0 Å². The van der Waals surface area contributed by atoms with Crippen LogP contribution < -0.4 is 4.90 Å². The Hall–Kier alpha value is -0.480. The second-order valence-corrected chi connectivity index (χ2v) is 5.49. The van der Waals surface area contributed by atoms with Crippen LogP contribution in [0, 0.1) is 0 Å².